The van der Waals surface area contributed by atoms with Crippen LogP contribution in [0.1, 0.15) is 0 Å². The summed E-state index contributed by atoms with van der Waals surface area (Å²) in [7, 11) is -2.14. The summed E-state index contributed by atoms with van der Waals surface area (Å²) in [5.41, 5.74) is 0.565. The van der Waals surface area contributed by atoms with Crippen molar-refractivity contribution < 1.29 is 27.5 Å². The second-order valence-electron chi connectivity index (χ2n) is 6.61. The molecular weight excluding hydrogens is 396 g/mol. The van der Waals surface area contributed by atoms with Crippen molar-refractivity contribution in [2.75, 3.05) is 37.0 Å². The first kappa shape index (κ1) is 20.8. The highest BCUT2D eigenvalue weighted by Gasteiger charge is 2.37. The first-order chi connectivity index (χ1) is 13.9. The fraction of sp³-hybridized carbons (Fsp3) is 0.300. The lowest BCUT2D eigenvalue weighted by molar-refractivity contribution is -0.146. The predicted octanol–water partition coefficient (Wildman–Crippen LogP) is 1.69. The van der Waals surface area contributed by atoms with Gasteiger partial charge in [0.15, 0.2) is 9.84 Å². The van der Waals surface area contributed by atoms with Gasteiger partial charge in [-0.25, -0.2) is 8.42 Å². The van der Waals surface area contributed by atoms with E-state index in [0.717, 1.165) is 0 Å². The molecular formula is C20H22N2O6S. The summed E-state index contributed by atoms with van der Waals surface area (Å²) in [6.07, 6.45) is 0. The van der Waals surface area contributed by atoms with Gasteiger partial charge in [-0.1, -0.05) is 18.2 Å². The molecule has 8 nitrogen and oxygen atoms in total. The minimum Gasteiger partial charge on any atom is -0.468 e. The van der Waals surface area contributed by atoms with Gasteiger partial charge in [0.1, 0.15) is 17.5 Å². The minimum atomic E-state index is -3.33. The van der Waals surface area contributed by atoms with Crippen molar-refractivity contribution in [2.24, 2.45) is 0 Å². The van der Waals surface area contributed by atoms with Gasteiger partial charge in [-0.2, -0.15) is 0 Å². The Morgan fingerprint density at radius 1 is 1.07 bits per heavy atom. The molecule has 29 heavy (non-hydrogen) atoms. The molecule has 1 atom stereocenters. The van der Waals surface area contributed by atoms with Crippen LogP contribution in [0, 0.1) is 0 Å². The smallest absolute Gasteiger partial charge is 0.324 e. The van der Waals surface area contributed by atoms with E-state index in [2.05, 4.69) is 10.1 Å². The highest BCUT2D eigenvalue weighted by molar-refractivity contribution is 7.91. The molecule has 1 aliphatic heterocycles. The molecule has 0 aromatic heterocycles. The molecule has 1 heterocycles. The largest absolute Gasteiger partial charge is 0.468 e. The maximum absolute atomic E-state index is 12.4. The Morgan fingerprint density at radius 2 is 1.72 bits per heavy atom. The van der Waals surface area contributed by atoms with Gasteiger partial charge in [-0.05, 0) is 36.4 Å². The zero-order valence-corrected chi connectivity index (χ0v) is 16.7. The predicted molar refractivity (Wildman–Crippen MR) is 108 cm³/mol. The van der Waals surface area contributed by atoms with Crippen molar-refractivity contribution >= 4 is 27.4 Å². The zero-order valence-electron chi connectivity index (χ0n) is 15.9. The lowest BCUT2D eigenvalue weighted by Crippen LogP contribution is -2.54. The number of rotatable bonds is 6. The molecule has 9 heteroatoms. The number of para-hydroxylation sites is 1. The van der Waals surface area contributed by atoms with Crippen LogP contribution < -0.4 is 10.1 Å². The van der Waals surface area contributed by atoms with Crippen molar-refractivity contribution in [3.05, 3.63) is 54.6 Å². The van der Waals surface area contributed by atoms with Crippen LogP contribution >= 0.6 is 0 Å². The van der Waals surface area contributed by atoms with Gasteiger partial charge < -0.3 is 14.8 Å². The molecule has 0 aliphatic carbocycles. The topological polar surface area (TPSA) is 102 Å². The van der Waals surface area contributed by atoms with Crippen LogP contribution in [0.5, 0.6) is 11.5 Å². The minimum absolute atomic E-state index is 0.0966. The number of nitrogens with zero attached hydrogens (tertiary/aromatic N) is 1. The third kappa shape index (κ3) is 5.78. The number of hydrogen-bond acceptors (Lipinski definition) is 7. The molecule has 1 fully saturated rings. The molecule has 154 valence electrons. The van der Waals surface area contributed by atoms with Crippen LogP contribution in [0.25, 0.3) is 0 Å². The summed E-state index contributed by atoms with van der Waals surface area (Å²) in [6.45, 7) is -0.0169. The molecule has 0 unspecified atom stereocenters. The lowest BCUT2D eigenvalue weighted by atomic mass is 10.2. The quantitative estimate of drug-likeness (QED) is 0.712. The Balaban J connectivity index is 1.59. The number of ether oxygens (including phenoxy) is 2. The average Bonchev–Trinajstić information content (AvgIpc) is 2.71. The van der Waals surface area contributed by atoms with E-state index in [9.17, 15) is 18.0 Å². The maximum atomic E-state index is 12.4. The number of amides is 1. The molecule has 1 amide bonds. The monoisotopic (exact) mass is 418 g/mol. The molecule has 2 aromatic carbocycles. The summed E-state index contributed by atoms with van der Waals surface area (Å²) in [5.74, 6) is -0.129. The number of esters is 1. The second kappa shape index (κ2) is 9.06. The van der Waals surface area contributed by atoms with Crippen molar-refractivity contribution in [3.8, 4) is 11.5 Å². The number of sulfone groups is 1. The fourth-order valence-electron chi connectivity index (χ4n) is 3.00. The summed E-state index contributed by atoms with van der Waals surface area (Å²) in [6, 6.07) is 15.2. The molecule has 0 bridgehead atoms. The van der Waals surface area contributed by atoms with Gasteiger partial charge in [0.25, 0.3) is 0 Å². The number of anilines is 1. The Morgan fingerprint density at radius 3 is 2.38 bits per heavy atom. The van der Waals surface area contributed by atoms with E-state index in [1.807, 2.05) is 30.3 Å². The van der Waals surface area contributed by atoms with Crippen molar-refractivity contribution in [1.82, 2.24) is 4.90 Å². The van der Waals surface area contributed by atoms with Gasteiger partial charge >= 0.3 is 5.97 Å². The second-order valence-corrected chi connectivity index (χ2v) is 8.84. The molecule has 2 aromatic rings. The third-order valence-corrected chi connectivity index (χ3v) is 6.11. The van der Waals surface area contributed by atoms with E-state index in [-0.39, 0.29) is 30.5 Å². The van der Waals surface area contributed by atoms with Crippen LogP contribution in [0.3, 0.4) is 0 Å². The van der Waals surface area contributed by atoms with E-state index < -0.39 is 21.8 Å². The number of hydrogen-bond donors (Lipinski definition) is 1. The summed E-state index contributed by atoms with van der Waals surface area (Å²) in [5, 5.41) is 2.74. The lowest BCUT2D eigenvalue weighted by Gasteiger charge is -2.32. The zero-order chi connectivity index (χ0) is 20.9. The number of nitrogens with one attached hydrogen (secondary N) is 1. The summed E-state index contributed by atoms with van der Waals surface area (Å²) >= 11 is 0. The Hall–Kier alpha value is -2.91. The van der Waals surface area contributed by atoms with Gasteiger partial charge in [-0.15, -0.1) is 0 Å². The van der Waals surface area contributed by atoms with Crippen LogP contribution in [0.15, 0.2) is 54.6 Å². The van der Waals surface area contributed by atoms with Crippen molar-refractivity contribution in [2.45, 2.75) is 6.04 Å². The number of carbonyl (C=O) groups is 2. The molecule has 1 aliphatic rings. The Bertz CT molecular complexity index is 960. The number of methoxy groups -OCH3 is 1. The molecule has 0 saturated carbocycles. The number of benzene rings is 2. The Kier molecular flexibility index (Phi) is 6.50. The highest BCUT2D eigenvalue weighted by Crippen LogP contribution is 2.22. The normalized spacial score (nSPS) is 18.6. The maximum Gasteiger partial charge on any atom is 0.324 e. The van der Waals surface area contributed by atoms with E-state index >= 15 is 0 Å². The standard InChI is InChI=1S/C20H22N2O6S/c1-27-20(24)18-14-29(25,26)12-11-22(18)13-19(23)21-15-7-9-17(10-8-15)28-16-5-3-2-4-6-16/h2-10,18H,11-14H2,1H3,(H,21,23)/t18-/m1/s1. The first-order valence-corrected chi connectivity index (χ1v) is 10.8. The van der Waals surface area contributed by atoms with Crippen LogP contribution in [0.2, 0.25) is 0 Å². The molecule has 0 spiro atoms. The average molecular weight is 418 g/mol. The van der Waals surface area contributed by atoms with Crippen LogP contribution in [-0.2, 0) is 24.2 Å². The van der Waals surface area contributed by atoms with Gasteiger partial charge in [0, 0.05) is 12.2 Å². The third-order valence-electron chi connectivity index (χ3n) is 4.48. The SMILES string of the molecule is COC(=O)[C@H]1CS(=O)(=O)CCN1CC(=O)Nc1ccc(Oc2ccccc2)cc1. The van der Waals surface area contributed by atoms with Crippen LogP contribution in [-0.4, -0.2) is 62.9 Å². The molecule has 0 radical (unpaired) electrons. The van der Waals surface area contributed by atoms with Crippen molar-refractivity contribution in [3.63, 3.8) is 0 Å². The first-order valence-electron chi connectivity index (χ1n) is 9.01. The van der Waals surface area contributed by atoms with E-state index in [0.29, 0.717) is 17.2 Å². The molecule has 3 rings (SSSR count). The van der Waals surface area contributed by atoms with Gasteiger partial charge in [-0.3, -0.25) is 14.5 Å². The van der Waals surface area contributed by atoms with Crippen LogP contribution in [0.4, 0.5) is 5.69 Å². The molecule has 1 saturated heterocycles. The Labute approximate surface area is 169 Å². The van der Waals surface area contributed by atoms with E-state index in [1.54, 1.807) is 24.3 Å². The van der Waals surface area contributed by atoms with Gasteiger partial charge in [0.2, 0.25) is 5.91 Å². The number of carbonyl (C=O) groups excluding carboxylic acids is 2. The summed E-state index contributed by atoms with van der Waals surface area (Å²) < 4.78 is 34.0. The van der Waals surface area contributed by atoms with E-state index in [4.69, 9.17) is 4.74 Å². The van der Waals surface area contributed by atoms with Crippen molar-refractivity contribution in [1.29, 1.82) is 0 Å². The van der Waals surface area contributed by atoms with E-state index in [1.165, 1.54) is 12.0 Å². The molecule has 1 N–H and O–H groups in total. The summed E-state index contributed by atoms with van der Waals surface area (Å²) in [4.78, 5) is 25.8. The van der Waals surface area contributed by atoms with Gasteiger partial charge in [0.05, 0.1) is 25.2 Å². The fourth-order valence-corrected chi connectivity index (χ4v) is 4.51. The highest BCUT2D eigenvalue weighted by atomic mass is 32.2.